The van der Waals surface area contributed by atoms with Gasteiger partial charge in [0.05, 0.1) is 0 Å². The Morgan fingerprint density at radius 3 is 2.30 bits per heavy atom. The largest absolute Gasteiger partial charge is 0.378 e. The van der Waals surface area contributed by atoms with E-state index in [4.69, 9.17) is 0 Å². The molecule has 0 aliphatic rings. The lowest BCUT2D eigenvalue weighted by molar-refractivity contribution is 0.0950. The van der Waals surface area contributed by atoms with Crippen molar-refractivity contribution in [2.75, 3.05) is 24.3 Å². The highest BCUT2D eigenvalue weighted by molar-refractivity contribution is 7.13. The van der Waals surface area contributed by atoms with Gasteiger partial charge in [0, 0.05) is 44.0 Å². The third-order valence-corrected chi connectivity index (χ3v) is 5.42. The Labute approximate surface area is 180 Å². The molecule has 0 radical (unpaired) electrons. The van der Waals surface area contributed by atoms with Crippen LogP contribution in [0.3, 0.4) is 0 Å². The standard InChI is InChI=1S/C22H25N5O2S/c1-4-5-19-25-26-22(30-19)21(29)24-17-10-8-16(9-11-17)20(28)23-14-15-6-12-18(13-7-15)27(2)3/h6-13H,4-5,14H2,1-3H3,(H,23,28)(H,24,29). The second-order valence-electron chi connectivity index (χ2n) is 7.03. The van der Waals surface area contributed by atoms with Gasteiger partial charge >= 0.3 is 0 Å². The molecular weight excluding hydrogens is 398 g/mol. The molecule has 7 nitrogen and oxygen atoms in total. The number of nitrogens with one attached hydrogen (secondary N) is 2. The fraction of sp³-hybridized carbons (Fsp3) is 0.273. The smallest absolute Gasteiger partial charge is 0.286 e. The predicted molar refractivity (Wildman–Crippen MR) is 120 cm³/mol. The molecule has 1 aromatic heterocycles. The van der Waals surface area contributed by atoms with Gasteiger partial charge in [-0.15, -0.1) is 10.2 Å². The van der Waals surface area contributed by atoms with Gasteiger partial charge in [0.25, 0.3) is 11.8 Å². The van der Waals surface area contributed by atoms with Gasteiger partial charge in [0.2, 0.25) is 5.01 Å². The third kappa shape index (κ3) is 5.64. The molecule has 0 atom stereocenters. The number of benzene rings is 2. The summed E-state index contributed by atoms with van der Waals surface area (Å²) in [7, 11) is 3.97. The van der Waals surface area contributed by atoms with E-state index < -0.39 is 0 Å². The summed E-state index contributed by atoms with van der Waals surface area (Å²) in [6, 6.07) is 14.8. The first-order chi connectivity index (χ1) is 14.5. The lowest BCUT2D eigenvalue weighted by atomic mass is 10.1. The van der Waals surface area contributed by atoms with E-state index >= 15 is 0 Å². The van der Waals surface area contributed by atoms with Crippen LogP contribution in [-0.2, 0) is 13.0 Å². The second kappa shape index (κ2) is 9.98. The summed E-state index contributed by atoms with van der Waals surface area (Å²) in [5.41, 5.74) is 3.26. The number of rotatable bonds is 8. The Morgan fingerprint density at radius 1 is 0.967 bits per heavy atom. The van der Waals surface area contributed by atoms with Gasteiger partial charge in [-0.2, -0.15) is 0 Å². The number of amides is 2. The number of carbonyl (C=O) groups is 2. The van der Waals surface area contributed by atoms with Crippen LogP contribution in [-0.4, -0.2) is 36.1 Å². The first kappa shape index (κ1) is 21.4. The normalized spacial score (nSPS) is 10.5. The second-order valence-corrected chi connectivity index (χ2v) is 8.09. The maximum absolute atomic E-state index is 12.4. The monoisotopic (exact) mass is 423 g/mol. The molecule has 3 aromatic rings. The van der Waals surface area contributed by atoms with Crippen LogP contribution in [0.4, 0.5) is 11.4 Å². The summed E-state index contributed by atoms with van der Waals surface area (Å²) in [5.74, 6) is -0.467. The summed E-state index contributed by atoms with van der Waals surface area (Å²) in [6.07, 6.45) is 1.77. The van der Waals surface area contributed by atoms with Gasteiger partial charge in [-0.3, -0.25) is 9.59 Å². The van der Waals surface area contributed by atoms with Crippen molar-refractivity contribution in [1.82, 2.24) is 15.5 Å². The number of hydrogen-bond donors (Lipinski definition) is 2. The molecule has 1 heterocycles. The third-order valence-electron chi connectivity index (χ3n) is 4.44. The maximum atomic E-state index is 12.4. The molecule has 156 valence electrons. The first-order valence-electron chi connectivity index (χ1n) is 9.74. The number of aryl methyl sites for hydroxylation is 1. The van der Waals surface area contributed by atoms with Crippen molar-refractivity contribution in [1.29, 1.82) is 0 Å². The van der Waals surface area contributed by atoms with Crippen molar-refractivity contribution < 1.29 is 9.59 Å². The molecule has 30 heavy (non-hydrogen) atoms. The Morgan fingerprint density at radius 2 is 1.67 bits per heavy atom. The minimum atomic E-state index is -0.298. The quantitative estimate of drug-likeness (QED) is 0.576. The van der Waals surface area contributed by atoms with E-state index in [-0.39, 0.29) is 11.8 Å². The number of anilines is 2. The molecule has 0 fully saturated rings. The van der Waals surface area contributed by atoms with E-state index in [0.717, 1.165) is 29.1 Å². The molecule has 0 bridgehead atoms. The fourth-order valence-electron chi connectivity index (χ4n) is 2.75. The number of nitrogens with zero attached hydrogens (tertiary/aromatic N) is 3. The number of carbonyl (C=O) groups excluding carboxylic acids is 2. The number of hydrogen-bond acceptors (Lipinski definition) is 6. The van der Waals surface area contributed by atoms with Gasteiger partial charge in [-0.1, -0.05) is 30.4 Å². The van der Waals surface area contributed by atoms with Gasteiger partial charge in [-0.05, 0) is 48.4 Å². The van der Waals surface area contributed by atoms with Gasteiger partial charge in [-0.25, -0.2) is 0 Å². The van der Waals surface area contributed by atoms with Crippen molar-refractivity contribution in [2.45, 2.75) is 26.3 Å². The molecule has 0 spiro atoms. The molecule has 8 heteroatoms. The van der Waals surface area contributed by atoms with Crippen LogP contribution < -0.4 is 15.5 Å². The van der Waals surface area contributed by atoms with Crippen LogP contribution in [0.15, 0.2) is 48.5 Å². The molecular formula is C22H25N5O2S. The zero-order chi connectivity index (χ0) is 21.5. The molecule has 2 amide bonds. The van der Waals surface area contributed by atoms with Gasteiger partial charge in [0.15, 0.2) is 0 Å². The highest BCUT2D eigenvalue weighted by atomic mass is 32.1. The van der Waals surface area contributed by atoms with E-state index in [9.17, 15) is 9.59 Å². The average molecular weight is 424 g/mol. The summed E-state index contributed by atoms with van der Waals surface area (Å²) < 4.78 is 0. The van der Waals surface area contributed by atoms with Crippen LogP contribution >= 0.6 is 11.3 Å². The predicted octanol–water partition coefficient (Wildman–Crippen LogP) is 3.74. The Balaban J connectivity index is 1.53. The van der Waals surface area contributed by atoms with Gasteiger partial charge in [0.1, 0.15) is 5.01 Å². The molecule has 2 N–H and O–H groups in total. The SMILES string of the molecule is CCCc1nnc(C(=O)Nc2ccc(C(=O)NCc3ccc(N(C)C)cc3)cc2)s1. The summed E-state index contributed by atoms with van der Waals surface area (Å²) >= 11 is 1.30. The fourth-order valence-corrected chi connectivity index (χ4v) is 3.58. The Bertz CT molecular complexity index is 997. The van der Waals surface area contributed by atoms with E-state index in [1.165, 1.54) is 11.3 Å². The van der Waals surface area contributed by atoms with Crippen LogP contribution in [0, 0.1) is 0 Å². The molecule has 3 rings (SSSR count). The van der Waals surface area contributed by atoms with E-state index in [1.807, 2.05) is 43.3 Å². The maximum Gasteiger partial charge on any atom is 0.286 e. The highest BCUT2D eigenvalue weighted by Crippen LogP contribution is 2.16. The molecule has 0 saturated heterocycles. The Hall–Kier alpha value is -3.26. The Kier molecular flexibility index (Phi) is 7.13. The minimum absolute atomic E-state index is 0.169. The van der Waals surface area contributed by atoms with Crippen LogP contribution in [0.1, 0.15) is 44.1 Å². The lowest BCUT2D eigenvalue weighted by Crippen LogP contribution is -2.22. The van der Waals surface area contributed by atoms with Gasteiger partial charge < -0.3 is 15.5 Å². The number of aromatic nitrogens is 2. The zero-order valence-electron chi connectivity index (χ0n) is 17.3. The van der Waals surface area contributed by atoms with Crippen molar-refractivity contribution >= 4 is 34.5 Å². The van der Waals surface area contributed by atoms with Crippen molar-refractivity contribution in [3.8, 4) is 0 Å². The summed E-state index contributed by atoms with van der Waals surface area (Å²) in [4.78, 5) is 26.7. The molecule has 0 aliphatic heterocycles. The van der Waals surface area contributed by atoms with Crippen LogP contribution in [0.25, 0.3) is 0 Å². The lowest BCUT2D eigenvalue weighted by Gasteiger charge is -2.13. The topological polar surface area (TPSA) is 87.2 Å². The zero-order valence-corrected chi connectivity index (χ0v) is 18.1. The van der Waals surface area contributed by atoms with Crippen molar-refractivity contribution in [3.63, 3.8) is 0 Å². The van der Waals surface area contributed by atoms with Crippen molar-refractivity contribution in [2.24, 2.45) is 0 Å². The van der Waals surface area contributed by atoms with E-state index in [2.05, 4.69) is 27.8 Å². The highest BCUT2D eigenvalue weighted by Gasteiger charge is 2.13. The average Bonchev–Trinajstić information content (AvgIpc) is 3.22. The summed E-state index contributed by atoms with van der Waals surface area (Å²) in [6.45, 7) is 2.50. The summed E-state index contributed by atoms with van der Waals surface area (Å²) in [5, 5.41) is 14.8. The van der Waals surface area contributed by atoms with Crippen LogP contribution in [0.5, 0.6) is 0 Å². The molecule has 0 aliphatic carbocycles. The van der Waals surface area contributed by atoms with E-state index in [0.29, 0.717) is 22.8 Å². The van der Waals surface area contributed by atoms with Crippen molar-refractivity contribution in [3.05, 3.63) is 69.7 Å². The van der Waals surface area contributed by atoms with E-state index in [1.54, 1.807) is 24.3 Å². The molecule has 2 aromatic carbocycles. The molecule has 0 saturated carbocycles. The molecule has 0 unspecified atom stereocenters. The first-order valence-corrected chi connectivity index (χ1v) is 10.6. The minimum Gasteiger partial charge on any atom is -0.378 e. The van der Waals surface area contributed by atoms with Crippen LogP contribution in [0.2, 0.25) is 0 Å².